The first-order chi connectivity index (χ1) is 3.43. The lowest BCUT2D eigenvalue weighted by Crippen LogP contribution is -2.20. The van der Waals surface area contributed by atoms with E-state index in [2.05, 4.69) is 5.32 Å². The van der Waals surface area contributed by atoms with E-state index in [0.29, 0.717) is 0 Å². The molecule has 0 spiro atoms. The lowest BCUT2D eigenvalue weighted by atomic mass is 9.86. The van der Waals surface area contributed by atoms with Crippen LogP contribution in [-0.4, -0.2) is 13.6 Å². The third-order valence-corrected chi connectivity index (χ3v) is 1.67. The standard InChI is InChI=1S/C6H12N/c1-7-5-6-3-2-4-6/h6H,2-5H2,1H3. The second-order valence-corrected chi connectivity index (χ2v) is 2.30. The molecule has 1 aliphatic rings. The third kappa shape index (κ3) is 1.16. The van der Waals surface area contributed by atoms with Crippen LogP contribution in [0.2, 0.25) is 0 Å². The third-order valence-electron chi connectivity index (χ3n) is 1.67. The minimum atomic E-state index is 0.963. The maximum atomic E-state index is 4.06. The Kier molecular flexibility index (Phi) is 1.69. The Morgan fingerprint density at radius 1 is 1.57 bits per heavy atom. The fourth-order valence-corrected chi connectivity index (χ4v) is 0.934. The van der Waals surface area contributed by atoms with Crippen LogP contribution >= 0.6 is 0 Å². The molecule has 1 rings (SSSR count). The zero-order valence-electron chi connectivity index (χ0n) is 4.85. The molecule has 0 amide bonds. The van der Waals surface area contributed by atoms with Crippen molar-refractivity contribution in [2.45, 2.75) is 19.3 Å². The molecule has 0 aromatic carbocycles. The summed E-state index contributed by atoms with van der Waals surface area (Å²) < 4.78 is 0. The number of nitrogens with zero attached hydrogens (tertiary/aromatic N) is 1. The molecule has 1 aliphatic carbocycles. The Morgan fingerprint density at radius 3 is 2.43 bits per heavy atom. The van der Waals surface area contributed by atoms with Crippen molar-refractivity contribution in [3.05, 3.63) is 0 Å². The first kappa shape index (κ1) is 5.10. The monoisotopic (exact) mass is 98.1 g/mol. The first-order valence-corrected chi connectivity index (χ1v) is 2.99. The summed E-state index contributed by atoms with van der Waals surface area (Å²) in [4.78, 5) is 0. The van der Waals surface area contributed by atoms with Crippen LogP contribution < -0.4 is 5.32 Å². The van der Waals surface area contributed by atoms with Gasteiger partial charge in [0, 0.05) is 13.6 Å². The minimum Gasteiger partial charge on any atom is -0.245 e. The number of rotatable bonds is 2. The topological polar surface area (TPSA) is 14.1 Å². The molecular formula is C6H12N. The van der Waals surface area contributed by atoms with E-state index in [1.807, 2.05) is 7.05 Å². The maximum Gasteiger partial charge on any atom is 0.0158 e. The average Bonchev–Trinajstić information content (AvgIpc) is 1.55. The highest BCUT2D eigenvalue weighted by molar-refractivity contribution is 4.69. The summed E-state index contributed by atoms with van der Waals surface area (Å²) >= 11 is 0. The van der Waals surface area contributed by atoms with E-state index in [1.54, 1.807) is 0 Å². The van der Waals surface area contributed by atoms with Gasteiger partial charge >= 0.3 is 0 Å². The van der Waals surface area contributed by atoms with Gasteiger partial charge in [-0.15, -0.1) is 0 Å². The molecule has 0 heterocycles. The van der Waals surface area contributed by atoms with E-state index in [1.165, 1.54) is 19.3 Å². The van der Waals surface area contributed by atoms with Crippen LogP contribution in [0.25, 0.3) is 0 Å². The van der Waals surface area contributed by atoms with Crippen molar-refractivity contribution < 1.29 is 0 Å². The van der Waals surface area contributed by atoms with Crippen LogP contribution in [0.15, 0.2) is 0 Å². The van der Waals surface area contributed by atoms with Crippen molar-refractivity contribution in [1.82, 2.24) is 5.32 Å². The van der Waals surface area contributed by atoms with Gasteiger partial charge in [0.1, 0.15) is 0 Å². The largest absolute Gasteiger partial charge is 0.245 e. The fourth-order valence-electron chi connectivity index (χ4n) is 0.934. The van der Waals surface area contributed by atoms with E-state index in [-0.39, 0.29) is 0 Å². The van der Waals surface area contributed by atoms with Crippen molar-refractivity contribution >= 4 is 0 Å². The maximum absolute atomic E-state index is 4.06. The van der Waals surface area contributed by atoms with Crippen molar-refractivity contribution in [2.75, 3.05) is 13.6 Å². The summed E-state index contributed by atoms with van der Waals surface area (Å²) in [6.45, 7) is 1.11. The Morgan fingerprint density at radius 2 is 2.29 bits per heavy atom. The molecule has 0 bridgehead atoms. The summed E-state index contributed by atoms with van der Waals surface area (Å²) in [6.07, 6.45) is 4.30. The molecule has 1 fully saturated rings. The smallest absolute Gasteiger partial charge is 0.0158 e. The van der Waals surface area contributed by atoms with Gasteiger partial charge in [0.2, 0.25) is 0 Å². The van der Waals surface area contributed by atoms with Crippen LogP contribution in [-0.2, 0) is 0 Å². The lowest BCUT2D eigenvalue weighted by Gasteiger charge is -2.23. The van der Waals surface area contributed by atoms with Crippen LogP contribution in [0.3, 0.4) is 0 Å². The number of hydrogen-bond acceptors (Lipinski definition) is 0. The second kappa shape index (κ2) is 2.31. The molecule has 7 heavy (non-hydrogen) atoms. The van der Waals surface area contributed by atoms with Gasteiger partial charge in [0.25, 0.3) is 0 Å². The molecule has 0 unspecified atom stereocenters. The quantitative estimate of drug-likeness (QED) is 0.489. The zero-order valence-corrected chi connectivity index (χ0v) is 4.85. The minimum absolute atomic E-state index is 0.963. The van der Waals surface area contributed by atoms with Gasteiger partial charge in [-0.05, 0) is 18.8 Å². The van der Waals surface area contributed by atoms with Crippen molar-refractivity contribution in [3.63, 3.8) is 0 Å². The summed E-state index contributed by atoms with van der Waals surface area (Å²) in [7, 11) is 1.90. The average molecular weight is 98.2 g/mol. The van der Waals surface area contributed by atoms with Gasteiger partial charge < -0.3 is 0 Å². The number of hydrogen-bond donors (Lipinski definition) is 0. The highest BCUT2D eigenvalue weighted by Crippen LogP contribution is 2.24. The SMILES string of the molecule is C[N]CC1CCC1. The van der Waals surface area contributed by atoms with E-state index in [9.17, 15) is 0 Å². The molecule has 1 heteroatoms. The Balaban J connectivity index is 1.93. The molecule has 0 atom stereocenters. The molecule has 0 N–H and O–H groups in total. The van der Waals surface area contributed by atoms with E-state index < -0.39 is 0 Å². The molecule has 41 valence electrons. The lowest BCUT2D eigenvalue weighted by molar-refractivity contribution is 0.307. The van der Waals surface area contributed by atoms with Gasteiger partial charge in [-0.1, -0.05) is 6.42 Å². The van der Waals surface area contributed by atoms with Crippen molar-refractivity contribution in [1.29, 1.82) is 0 Å². The highest BCUT2D eigenvalue weighted by Gasteiger charge is 2.15. The Hall–Kier alpha value is -0.0400. The van der Waals surface area contributed by atoms with E-state index in [0.717, 1.165) is 12.5 Å². The summed E-state index contributed by atoms with van der Waals surface area (Å²) in [6, 6.07) is 0. The zero-order chi connectivity index (χ0) is 5.11. The highest BCUT2D eigenvalue weighted by atomic mass is 14.8. The van der Waals surface area contributed by atoms with Gasteiger partial charge in [0.15, 0.2) is 0 Å². The van der Waals surface area contributed by atoms with Crippen LogP contribution in [0.4, 0.5) is 0 Å². The van der Waals surface area contributed by atoms with E-state index >= 15 is 0 Å². The molecule has 0 saturated heterocycles. The van der Waals surface area contributed by atoms with Gasteiger partial charge in [-0.25, -0.2) is 5.32 Å². The first-order valence-electron chi connectivity index (χ1n) is 2.99. The predicted octanol–water partition coefficient (Wildman–Crippen LogP) is 1.02. The van der Waals surface area contributed by atoms with Crippen LogP contribution in [0, 0.1) is 5.92 Å². The molecule has 0 aromatic heterocycles. The van der Waals surface area contributed by atoms with Gasteiger partial charge in [-0.3, -0.25) is 0 Å². The molecule has 1 radical (unpaired) electrons. The Labute approximate surface area is 45.1 Å². The summed E-state index contributed by atoms with van der Waals surface area (Å²) in [5.41, 5.74) is 0. The van der Waals surface area contributed by atoms with Crippen LogP contribution in [0.1, 0.15) is 19.3 Å². The second-order valence-electron chi connectivity index (χ2n) is 2.30. The molecule has 1 nitrogen and oxygen atoms in total. The normalized spacial score (nSPS) is 21.9. The summed E-state index contributed by atoms with van der Waals surface area (Å²) in [5.74, 6) is 0.963. The molecule has 1 saturated carbocycles. The van der Waals surface area contributed by atoms with E-state index in [4.69, 9.17) is 0 Å². The predicted molar refractivity (Wildman–Crippen MR) is 30.3 cm³/mol. The Bertz CT molecular complexity index is 48.1. The van der Waals surface area contributed by atoms with Gasteiger partial charge in [0.05, 0.1) is 0 Å². The fraction of sp³-hybridized carbons (Fsp3) is 1.00. The molecule has 0 aromatic rings. The molecular weight excluding hydrogens is 86.1 g/mol. The van der Waals surface area contributed by atoms with Crippen LogP contribution in [0.5, 0.6) is 0 Å². The van der Waals surface area contributed by atoms with Crippen molar-refractivity contribution in [2.24, 2.45) is 5.92 Å². The summed E-state index contributed by atoms with van der Waals surface area (Å²) in [5, 5.41) is 4.06. The van der Waals surface area contributed by atoms with Crippen molar-refractivity contribution in [3.8, 4) is 0 Å². The van der Waals surface area contributed by atoms with Gasteiger partial charge in [-0.2, -0.15) is 0 Å². The molecule has 0 aliphatic heterocycles.